The van der Waals surface area contributed by atoms with Gasteiger partial charge in [-0.1, -0.05) is 13.8 Å². The molecule has 0 heterocycles. The second-order valence-corrected chi connectivity index (χ2v) is 10.4. The van der Waals surface area contributed by atoms with E-state index in [-0.39, 0.29) is 11.7 Å². The molecule has 1 aromatic carbocycles. The number of benzene rings is 1. The van der Waals surface area contributed by atoms with E-state index >= 15 is 0 Å². The number of nitrogens with one attached hydrogen (secondary N) is 1. The summed E-state index contributed by atoms with van der Waals surface area (Å²) in [4.78, 5) is 23.9. The molecule has 28 heavy (non-hydrogen) atoms. The number of sulfonamides is 1. The van der Waals surface area contributed by atoms with Crippen molar-refractivity contribution in [2.75, 3.05) is 0 Å². The Kier molecular flexibility index (Phi) is 5.16. The van der Waals surface area contributed by atoms with Crippen LogP contribution in [-0.4, -0.2) is 36.3 Å². The van der Waals surface area contributed by atoms with E-state index < -0.39 is 43.8 Å². The van der Waals surface area contributed by atoms with E-state index in [1.165, 1.54) is 6.92 Å². The highest BCUT2D eigenvalue weighted by atomic mass is 32.2. The van der Waals surface area contributed by atoms with Gasteiger partial charge in [-0.05, 0) is 56.6 Å². The highest BCUT2D eigenvalue weighted by Gasteiger charge is 2.51. The smallest absolute Gasteiger partial charge is 0.338 e. The Morgan fingerprint density at radius 3 is 2.21 bits per heavy atom. The first-order valence-corrected chi connectivity index (χ1v) is 10.7. The molecule has 2 fully saturated rings. The van der Waals surface area contributed by atoms with Crippen molar-refractivity contribution >= 4 is 21.9 Å². The number of aromatic carboxylic acids is 1. The molecular formula is C19H24FNO6S. The number of carboxylic acid groups (broad SMARTS) is 1. The molecule has 0 radical (unpaired) electrons. The van der Waals surface area contributed by atoms with Gasteiger partial charge in [-0.15, -0.1) is 0 Å². The molecule has 3 atom stereocenters. The van der Waals surface area contributed by atoms with Crippen LogP contribution in [0, 0.1) is 17.7 Å². The molecule has 1 unspecified atom stereocenters. The van der Waals surface area contributed by atoms with E-state index in [9.17, 15) is 27.5 Å². The third-order valence-electron chi connectivity index (χ3n) is 5.93. The first kappa shape index (κ1) is 20.6. The van der Waals surface area contributed by atoms with Crippen LogP contribution < -0.4 is 9.46 Å². The lowest BCUT2D eigenvalue weighted by atomic mass is 10.0. The van der Waals surface area contributed by atoms with Crippen LogP contribution in [0.2, 0.25) is 0 Å². The Morgan fingerprint density at radius 1 is 1.18 bits per heavy atom. The molecule has 3 rings (SSSR count). The third-order valence-corrected chi connectivity index (χ3v) is 8.09. The molecule has 154 valence electrons. The Morgan fingerprint density at radius 2 is 1.71 bits per heavy atom. The van der Waals surface area contributed by atoms with Crippen molar-refractivity contribution in [3.8, 4) is 5.75 Å². The molecule has 2 saturated carbocycles. The highest BCUT2D eigenvalue weighted by molar-refractivity contribution is 7.91. The third kappa shape index (κ3) is 3.72. The zero-order valence-electron chi connectivity index (χ0n) is 16.0. The van der Waals surface area contributed by atoms with E-state index in [1.807, 2.05) is 18.6 Å². The van der Waals surface area contributed by atoms with Crippen molar-refractivity contribution in [3.05, 3.63) is 29.1 Å². The van der Waals surface area contributed by atoms with Gasteiger partial charge in [0.05, 0.1) is 22.0 Å². The predicted molar refractivity (Wildman–Crippen MR) is 99.4 cm³/mol. The fraction of sp³-hybridized carbons (Fsp3) is 0.579. The van der Waals surface area contributed by atoms with Crippen molar-refractivity contribution in [2.24, 2.45) is 11.8 Å². The molecule has 0 aliphatic heterocycles. The van der Waals surface area contributed by atoms with Crippen LogP contribution in [0.5, 0.6) is 5.75 Å². The van der Waals surface area contributed by atoms with Gasteiger partial charge in [-0.25, -0.2) is 22.3 Å². The van der Waals surface area contributed by atoms with Crippen LogP contribution in [0.1, 0.15) is 67.2 Å². The second kappa shape index (κ2) is 7.02. The average molecular weight is 413 g/mol. The molecule has 2 aliphatic rings. The topological polar surface area (TPSA) is 110 Å². The lowest BCUT2D eigenvalue weighted by Crippen LogP contribution is -2.38. The Labute approximate surface area is 163 Å². The molecule has 0 bridgehead atoms. The molecule has 1 aromatic rings. The summed E-state index contributed by atoms with van der Waals surface area (Å²) in [6.07, 6.45) is 1.75. The van der Waals surface area contributed by atoms with Gasteiger partial charge in [0.2, 0.25) is 10.0 Å². The summed E-state index contributed by atoms with van der Waals surface area (Å²) in [6, 6.07) is 2.02. The Hall–Kier alpha value is -2.16. The lowest BCUT2D eigenvalue weighted by Gasteiger charge is -2.19. The summed E-state index contributed by atoms with van der Waals surface area (Å²) in [6.45, 7) is 5.60. The SMILES string of the molecule is C[C@@H]1CC(Oc2c(C(=O)NS(=O)(=O)C3(C)CC3)ccc(C(=O)O)c2F)C[C@@H]1C. The number of ether oxygens (including phenoxy) is 1. The molecule has 0 saturated heterocycles. The van der Waals surface area contributed by atoms with Crippen LogP contribution in [0.3, 0.4) is 0 Å². The first-order chi connectivity index (χ1) is 12.9. The van der Waals surface area contributed by atoms with E-state index in [0.717, 1.165) is 12.1 Å². The predicted octanol–water partition coefficient (Wildman–Crippen LogP) is 2.95. The van der Waals surface area contributed by atoms with E-state index in [4.69, 9.17) is 4.74 Å². The normalized spacial score (nSPS) is 25.9. The van der Waals surface area contributed by atoms with Crippen LogP contribution >= 0.6 is 0 Å². The monoisotopic (exact) mass is 413 g/mol. The maximum atomic E-state index is 14.8. The summed E-state index contributed by atoms with van der Waals surface area (Å²) in [5.74, 6) is -3.55. The van der Waals surface area contributed by atoms with Crippen LogP contribution in [-0.2, 0) is 10.0 Å². The van der Waals surface area contributed by atoms with Crippen molar-refractivity contribution in [1.82, 2.24) is 4.72 Å². The van der Waals surface area contributed by atoms with E-state index in [0.29, 0.717) is 37.5 Å². The maximum Gasteiger partial charge on any atom is 0.338 e. The summed E-state index contributed by atoms with van der Waals surface area (Å²) in [7, 11) is -3.93. The van der Waals surface area contributed by atoms with Crippen LogP contribution in [0.25, 0.3) is 0 Å². The minimum atomic E-state index is -3.93. The standard InChI is InChI=1S/C19H24FNO6S/c1-10-8-12(9-11(10)2)27-16-14(5-4-13(15(16)20)18(23)24)17(22)21-28(25,26)19(3)6-7-19/h4-5,10-12H,6-9H2,1-3H3,(H,21,22)(H,23,24)/t10-,11+,12?. The number of carbonyl (C=O) groups excluding carboxylic acids is 1. The zero-order chi connectivity index (χ0) is 20.9. The Balaban J connectivity index is 1.94. The second-order valence-electron chi connectivity index (χ2n) is 8.16. The fourth-order valence-corrected chi connectivity index (χ4v) is 4.65. The molecule has 1 amide bonds. The molecule has 2 aliphatic carbocycles. The van der Waals surface area contributed by atoms with Crippen molar-refractivity contribution < 1.29 is 32.2 Å². The minimum absolute atomic E-state index is 0.331. The van der Waals surface area contributed by atoms with Gasteiger partial charge in [0.15, 0.2) is 11.6 Å². The van der Waals surface area contributed by atoms with Gasteiger partial charge in [-0.2, -0.15) is 0 Å². The maximum absolute atomic E-state index is 14.8. The summed E-state index contributed by atoms with van der Waals surface area (Å²) >= 11 is 0. The van der Waals surface area contributed by atoms with Gasteiger partial charge in [0, 0.05) is 0 Å². The average Bonchev–Trinajstić information content (AvgIpc) is 3.27. The number of rotatable bonds is 6. The number of carboxylic acids is 1. The van der Waals surface area contributed by atoms with Crippen LogP contribution in [0.4, 0.5) is 4.39 Å². The van der Waals surface area contributed by atoms with E-state index in [2.05, 4.69) is 0 Å². The fourth-order valence-electron chi connectivity index (χ4n) is 3.41. The summed E-state index contributed by atoms with van der Waals surface area (Å²) in [5.41, 5.74) is -0.967. The van der Waals surface area contributed by atoms with E-state index in [1.54, 1.807) is 0 Å². The van der Waals surface area contributed by atoms with Gasteiger partial charge in [-0.3, -0.25) is 4.79 Å². The lowest BCUT2D eigenvalue weighted by molar-refractivity contribution is 0.0688. The van der Waals surface area contributed by atoms with Gasteiger partial charge in [0.1, 0.15) is 0 Å². The minimum Gasteiger partial charge on any atom is -0.486 e. The largest absolute Gasteiger partial charge is 0.486 e. The van der Waals surface area contributed by atoms with Crippen LogP contribution in [0.15, 0.2) is 12.1 Å². The van der Waals surface area contributed by atoms with Crippen molar-refractivity contribution in [2.45, 2.75) is 57.3 Å². The van der Waals surface area contributed by atoms with Gasteiger partial charge in [0.25, 0.3) is 5.91 Å². The quantitative estimate of drug-likeness (QED) is 0.742. The summed E-state index contributed by atoms with van der Waals surface area (Å²) < 4.78 is 46.2. The number of hydrogen-bond acceptors (Lipinski definition) is 5. The molecule has 7 nitrogen and oxygen atoms in total. The number of carbonyl (C=O) groups is 2. The van der Waals surface area contributed by atoms with Crippen molar-refractivity contribution in [3.63, 3.8) is 0 Å². The molecule has 2 N–H and O–H groups in total. The van der Waals surface area contributed by atoms with Gasteiger partial charge >= 0.3 is 5.97 Å². The number of amides is 1. The van der Waals surface area contributed by atoms with Gasteiger partial charge < -0.3 is 9.84 Å². The number of hydrogen-bond donors (Lipinski definition) is 2. The first-order valence-electron chi connectivity index (χ1n) is 9.24. The molecule has 0 aromatic heterocycles. The molecule has 9 heteroatoms. The molecule has 0 spiro atoms. The Bertz CT molecular complexity index is 915. The molecular weight excluding hydrogens is 389 g/mol. The summed E-state index contributed by atoms with van der Waals surface area (Å²) in [5, 5.41) is 9.17. The zero-order valence-corrected chi connectivity index (χ0v) is 16.8. The highest BCUT2D eigenvalue weighted by Crippen LogP contribution is 2.42. The van der Waals surface area contributed by atoms with Crippen molar-refractivity contribution in [1.29, 1.82) is 0 Å². The number of halogens is 1.